The van der Waals surface area contributed by atoms with Crippen LogP contribution in [0.25, 0.3) is 0 Å². The summed E-state index contributed by atoms with van der Waals surface area (Å²) >= 11 is 0. The van der Waals surface area contributed by atoms with Crippen molar-refractivity contribution >= 4 is 0 Å². The van der Waals surface area contributed by atoms with Crippen LogP contribution in [0.2, 0.25) is 0 Å². The minimum atomic E-state index is 0.403. The largest absolute Gasteiger partial charge is 0.492 e. The molecule has 0 saturated carbocycles. The fourth-order valence-electron chi connectivity index (χ4n) is 3.63. The maximum Gasteiger partial charge on any atom is 0.124 e. The summed E-state index contributed by atoms with van der Waals surface area (Å²) < 4.78 is 6.01. The fourth-order valence-corrected chi connectivity index (χ4v) is 3.63. The molecule has 0 spiro atoms. The van der Waals surface area contributed by atoms with Gasteiger partial charge in [-0.05, 0) is 31.5 Å². The van der Waals surface area contributed by atoms with Crippen molar-refractivity contribution in [3.05, 3.63) is 29.8 Å². The molecule has 0 amide bonds. The van der Waals surface area contributed by atoms with E-state index < -0.39 is 0 Å². The van der Waals surface area contributed by atoms with Gasteiger partial charge in [0.25, 0.3) is 0 Å². The van der Waals surface area contributed by atoms with Gasteiger partial charge < -0.3 is 10.1 Å². The molecule has 20 heavy (non-hydrogen) atoms. The summed E-state index contributed by atoms with van der Waals surface area (Å²) in [5, 5.41) is 3.68. The molecule has 1 aromatic rings. The van der Waals surface area contributed by atoms with Crippen molar-refractivity contribution in [2.45, 2.75) is 38.8 Å². The quantitative estimate of drug-likeness (QED) is 0.913. The molecule has 0 bridgehead atoms. The molecule has 3 atom stereocenters. The molecule has 2 aliphatic heterocycles. The van der Waals surface area contributed by atoms with Crippen LogP contribution in [0.1, 0.15) is 38.3 Å². The van der Waals surface area contributed by atoms with E-state index in [-0.39, 0.29) is 0 Å². The molecule has 2 heterocycles. The highest BCUT2D eigenvalue weighted by Crippen LogP contribution is 2.36. The zero-order chi connectivity index (χ0) is 13.9. The third-order valence-electron chi connectivity index (χ3n) is 4.84. The Labute approximate surface area is 122 Å². The number of nitrogens with one attached hydrogen (secondary N) is 1. The number of fused-ring (bicyclic) bond motifs is 1. The molecule has 3 nitrogen and oxygen atoms in total. The van der Waals surface area contributed by atoms with E-state index in [1.165, 1.54) is 31.5 Å². The van der Waals surface area contributed by atoms with Crippen LogP contribution < -0.4 is 10.1 Å². The van der Waals surface area contributed by atoms with Gasteiger partial charge in [-0.25, -0.2) is 0 Å². The van der Waals surface area contributed by atoms with Crippen molar-refractivity contribution in [3.63, 3.8) is 0 Å². The van der Waals surface area contributed by atoms with Crippen molar-refractivity contribution in [2.24, 2.45) is 5.92 Å². The van der Waals surface area contributed by atoms with Crippen molar-refractivity contribution in [1.82, 2.24) is 10.2 Å². The van der Waals surface area contributed by atoms with E-state index in [1.807, 2.05) is 0 Å². The number of benzene rings is 1. The predicted molar refractivity (Wildman–Crippen MR) is 82.1 cm³/mol. The smallest absolute Gasteiger partial charge is 0.124 e. The number of hydrogen-bond donors (Lipinski definition) is 1. The Morgan fingerprint density at radius 1 is 1.30 bits per heavy atom. The average molecular weight is 274 g/mol. The lowest BCUT2D eigenvalue weighted by Crippen LogP contribution is -2.49. The first-order valence-corrected chi connectivity index (χ1v) is 8.02. The van der Waals surface area contributed by atoms with Crippen LogP contribution in [0.3, 0.4) is 0 Å². The second kappa shape index (κ2) is 6.15. The Bertz CT molecular complexity index is 448. The minimum absolute atomic E-state index is 0.403. The molecule has 1 fully saturated rings. The lowest BCUT2D eigenvalue weighted by atomic mass is 9.95. The highest BCUT2D eigenvalue weighted by Gasteiger charge is 2.37. The van der Waals surface area contributed by atoms with Gasteiger partial charge in [0, 0.05) is 12.1 Å². The maximum absolute atomic E-state index is 6.01. The van der Waals surface area contributed by atoms with Crippen LogP contribution in [0.15, 0.2) is 24.3 Å². The summed E-state index contributed by atoms with van der Waals surface area (Å²) in [7, 11) is 0. The van der Waals surface area contributed by atoms with Crippen molar-refractivity contribution in [2.75, 3.05) is 26.2 Å². The Hall–Kier alpha value is -1.06. The number of rotatable bonds is 4. The molecule has 1 saturated heterocycles. The molecule has 0 radical (unpaired) electrons. The van der Waals surface area contributed by atoms with Gasteiger partial charge in [0.1, 0.15) is 12.4 Å². The van der Waals surface area contributed by atoms with Crippen molar-refractivity contribution in [1.29, 1.82) is 0 Å². The van der Waals surface area contributed by atoms with Gasteiger partial charge in [0.2, 0.25) is 0 Å². The zero-order valence-electron chi connectivity index (χ0n) is 12.6. The Kier molecular flexibility index (Phi) is 4.27. The lowest BCUT2D eigenvalue weighted by molar-refractivity contribution is 0.102. The van der Waals surface area contributed by atoms with Crippen LogP contribution in [0, 0.1) is 5.92 Å². The van der Waals surface area contributed by atoms with Crippen LogP contribution in [0.4, 0.5) is 0 Å². The van der Waals surface area contributed by atoms with Gasteiger partial charge in [0.15, 0.2) is 0 Å². The Morgan fingerprint density at radius 2 is 2.15 bits per heavy atom. The Balaban J connectivity index is 1.81. The molecule has 0 aromatic heterocycles. The molecule has 1 aromatic carbocycles. The number of para-hydroxylation sites is 1. The third kappa shape index (κ3) is 2.57. The van der Waals surface area contributed by atoms with Crippen molar-refractivity contribution in [3.8, 4) is 5.75 Å². The van der Waals surface area contributed by atoms with E-state index in [2.05, 4.69) is 48.3 Å². The molecule has 0 aliphatic carbocycles. The van der Waals surface area contributed by atoms with Crippen LogP contribution in [-0.2, 0) is 0 Å². The van der Waals surface area contributed by atoms with Gasteiger partial charge >= 0.3 is 0 Å². The van der Waals surface area contributed by atoms with E-state index in [1.54, 1.807) is 0 Å². The third-order valence-corrected chi connectivity index (χ3v) is 4.84. The molecular formula is C17H26N2O. The number of ether oxygens (including phenoxy) is 1. The minimum Gasteiger partial charge on any atom is -0.492 e. The van der Waals surface area contributed by atoms with Crippen LogP contribution >= 0.6 is 0 Å². The van der Waals surface area contributed by atoms with E-state index in [4.69, 9.17) is 4.74 Å². The van der Waals surface area contributed by atoms with E-state index in [9.17, 15) is 0 Å². The highest BCUT2D eigenvalue weighted by atomic mass is 16.5. The highest BCUT2D eigenvalue weighted by molar-refractivity contribution is 5.38. The summed E-state index contributed by atoms with van der Waals surface area (Å²) in [5.74, 6) is 1.93. The fraction of sp³-hybridized carbons (Fsp3) is 0.647. The van der Waals surface area contributed by atoms with Gasteiger partial charge in [-0.3, -0.25) is 4.90 Å². The van der Waals surface area contributed by atoms with Crippen LogP contribution in [-0.4, -0.2) is 37.2 Å². The summed E-state index contributed by atoms with van der Waals surface area (Å²) in [6, 6.07) is 9.36. The van der Waals surface area contributed by atoms with Gasteiger partial charge in [0.05, 0.1) is 12.1 Å². The lowest BCUT2D eigenvalue weighted by Gasteiger charge is -2.39. The van der Waals surface area contributed by atoms with E-state index >= 15 is 0 Å². The summed E-state index contributed by atoms with van der Waals surface area (Å²) in [4.78, 5) is 2.64. The number of likely N-dealkylation sites (N-methyl/N-ethyl adjacent to an activating group) is 1. The molecule has 3 heteroatoms. The van der Waals surface area contributed by atoms with Gasteiger partial charge in [-0.1, -0.05) is 38.5 Å². The molecule has 1 N–H and O–H groups in total. The van der Waals surface area contributed by atoms with Crippen LogP contribution in [0.5, 0.6) is 5.75 Å². The van der Waals surface area contributed by atoms with Gasteiger partial charge in [-0.15, -0.1) is 0 Å². The summed E-state index contributed by atoms with van der Waals surface area (Å²) in [6.07, 6.45) is 2.64. The number of hydrogen-bond acceptors (Lipinski definition) is 3. The normalized spacial score (nSPS) is 30.0. The second-order valence-electron chi connectivity index (χ2n) is 6.01. The molecular weight excluding hydrogens is 248 g/mol. The number of nitrogens with zero attached hydrogens (tertiary/aromatic N) is 1. The Morgan fingerprint density at radius 3 is 2.90 bits per heavy atom. The number of likely N-dealkylation sites (tertiary alicyclic amines) is 1. The summed E-state index contributed by atoms with van der Waals surface area (Å²) in [5.41, 5.74) is 1.32. The van der Waals surface area contributed by atoms with Crippen molar-refractivity contribution < 1.29 is 4.74 Å². The summed E-state index contributed by atoms with van der Waals surface area (Å²) in [6.45, 7) is 8.76. The molecule has 3 unspecified atom stereocenters. The first kappa shape index (κ1) is 13.9. The molecule has 110 valence electrons. The monoisotopic (exact) mass is 274 g/mol. The van der Waals surface area contributed by atoms with E-state index in [0.29, 0.717) is 12.1 Å². The first-order chi connectivity index (χ1) is 9.83. The molecule has 3 rings (SSSR count). The maximum atomic E-state index is 6.01. The SMILES string of the molecule is CCNC1c2ccccc2OCC1N1CCC(CC)C1. The standard InChI is InChI=1S/C17H26N2O/c1-3-13-9-10-19(11-13)15-12-20-16-8-6-5-7-14(16)17(15)18-4-2/h5-8,13,15,17-18H,3-4,9-12H2,1-2H3. The molecule has 2 aliphatic rings. The predicted octanol–water partition coefficient (Wildman–Crippen LogP) is 2.83. The average Bonchev–Trinajstić information content (AvgIpc) is 2.96. The van der Waals surface area contributed by atoms with E-state index in [0.717, 1.165) is 24.8 Å². The topological polar surface area (TPSA) is 24.5 Å². The van der Waals surface area contributed by atoms with Gasteiger partial charge in [-0.2, -0.15) is 0 Å². The zero-order valence-corrected chi connectivity index (χ0v) is 12.6. The second-order valence-corrected chi connectivity index (χ2v) is 6.01. The first-order valence-electron chi connectivity index (χ1n) is 8.02.